The van der Waals surface area contributed by atoms with Crippen molar-refractivity contribution in [1.82, 2.24) is 18.3 Å². The number of furan rings is 2. The number of hydrogen-bond acceptors (Lipinski definition) is 10. The first kappa shape index (κ1) is 40.0. The zero-order valence-electron chi connectivity index (χ0n) is 38.8. The molecule has 340 valence electrons. The number of nitrogens with zero attached hydrogens (tertiary/aromatic N) is 4. The molecular formula is C56H36N4O2S8. The summed E-state index contributed by atoms with van der Waals surface area (Å²) in [5.74, 6) is 0. The summed E-state index contributed by atoms with van der Waals surface area (Å²) in [4.78, 5) is 2.79. The fourth-order valence-corrected chi connectivity index (χ4v) is 22.4. The van der Waals surface area contributed by atoms with Gasteiger partial charge in [-0.2, -0.15) is 0 Å². The normalized spacial score (nSPS) is 13.1. The number of aromatic nitrogens is 4. The Kier molecular flexibility index (Phi) is 7.56. The molecule has 14 heterocycles. The molecule has 0 fully saturated rings. The third-order valence-corrected chi connectivity index (χ3v) is 24.7. The standard InChI is InChI=1S/C30H20N2O2S2.C26H16N2S6/c1-13-5-7-15-19(9-13)33-27-23(15)31(3)25-17-11-22-18(12-21(17)35-29(25)27)26-30(36-22)28-24(32(26)4)16-8-6-14(2)10-20(16)34-28;1-9-5-13-21(29-9)25-17(27(13)3)23-19(33-25)11-7-16-12(8-15(11)31-23)20-24(32-16)18-26(34-20)22-14(28(18)4)6-10(2)30-22/h5-12H,1-4H3;5-8H,1-4H3. The molecule has 14 heteroatoms. The Hall–Kier alpha value is -5.68. The number of aryl methyl sites for hydroxylation is 8. The summed E-state index contributed by atoms with van der Waals surface area (Å²) in [5, 5.41) is 7.81. The minimum Gasteiger partial charge on any atom is -0.453 e. The van der Waals surface area contributed by atoms with Gasteiger partial charge in [-0.05, 0) is 99.5 Å². The quantitative estimate of drug-likeness (QED) is 0.152. The lowest BCUT2D eigenvalue weighted by Crippen LogP contribution is -1.87. The van der Waals surface area contributed by atoms with Gasteiger partial charge in [-0.1, -0.05) is 12.1 Å². The molecule has 6 nitrogen and oxygen atoms in total. The van der Waals surface area contributed by atoms with E-state index in [-0.39, 0.29) is 0 Å². The van der Waals surface area contributed by atoms with E-state index in [4.69, 9.17) is 8.83 Å². The van der Waals surface area contributed by atoms with Crippen LogP contribution >= 0.6 is 90.7 Å². The molecule has 0 atom stereocenters. The number of rotatable bonds is 0. The maximum absolute atomic E-state index is 6.42. The van der Waals surface area contributed by atoms with Crippen LogP contribution in [-0.2, 0) is 28.2 Å². The van der Waals surface area contributed by atoms with Crippen LogP contribution in [0.25, 0.3) is 165 Å². The topological polar surface area (TPSA) is 46.0 Å². The molecule has 0 aliphatic heterocycles. The van der Waals surface area contributed by atoms with Crippen molar-refractivity contribution >= 4 is 255 Å². The third-order valence-electron chi connectivity index (χ3n) is 15.0. The summed E-state index contributed by atoms with van der Waals surface area (Å²) in [6.07, 6.45) is 0. The molecule has 0 unspecified atom stereocenters. The van der Waals surface area contributed by atoms with E-state index in [1.54, 1.807) is 0 Å². The van der Waals surface area contributed by atoms with E-state index >= 15 is 0 Å². The number of thiophene rings is 8. The molecule has 0 radical (unpaired) electrons. The lowest BCUT2D eigenvalue weighted by atomic mass is 10.2. The first-order valence-electron chi connectivity index (χ1n) is 23.1. The zero-order valence-corrected chi connectivity index (χ0v) is 45.3. The highest BCUT2D eigenvalue weighted by molar-refractivity contribution is 7.40. The predicted molar refractivity (Wildman–Crippen MR) is 315 cm³/mol. The molecule has 0 saturated heterocycles. The average molecular weight is 1050 g/mol. The molecule has 0 spiro atoms. The maximum Gasteiger partial charge on any atom is 0.171 e. The van der Waals surface area contributed by atoms with Crippen molar-refractivity contribution in [3.8, 4) is 0 Å². The Morgan fingerprint density at radius 1 is 0.314 bits per heavy atom. The molecule has 0 N–H and O–H groups in total. The van der Waals surface area contributed by atoms with E-state index in [0.29, 0.717) is 0 Å². The third kappa shape index (κ3) is 4.83. The Labute approximate surface area is 428 Å². The van der Waals surface area contributed by atoms with Gasteiger partial charge in [0.1, 0.15) is 11.2 Å². The van der Waals surface area contributed by atoms with E-state index in [0.717, 1.165) is 22.3 Å². The summed E-state index contributed by atoms with van der Waals surface area (Å²) in [6, 6.07) is 27.4. The minimum absolute atomic E-state index is 0.964. The predicted octanol–water partition coefficient (Wildman–Crippen LogP) is 20.1. The van der Waals surface area contributed by atoms with Gasteiger partial charge in [0.05, 0.1) is 91.1 Å². The van der Waals surface area contributed by atoms with Crippen molar-refractivity contribution in [2.24, 2.45) is 28.2 Å². The van der Waals surface area contributed by atoms with Crippen molar-refractivity contribution in [1.29, 1.82) is 0 Å². The SMILES string of the molecule is Cc1cc2c(s1)c1sc3c4cc5sc6c(sc7c8sc(C)cc8n(C)c67)c5cc4sc3c1n2C.Cc1ccc2c(c1)oc1c3sc4cc5c(cc4c3n(C)c21)sc1c2oc3cc(C)ccc3c2n(C)c51. The van der Waals surface area contributed by atoms with Crippen LogP contribution in [0.15, 0.2) is 81.6 Å². The van der Waals surface area contributed by atoms with Gasteiger partial charge in [0, 0.05) is 89.1 Å². The molecular weight excluding hydrogens is 1020 g/mol. The van der Waals surface area contributed by atoms with Gasteiger partial charge in [-0.3, -0.25) is 0 Å². The molecule has 0 aliphatic rings. The smallest absolute Gasteiger partial charge is 0.171 e. The van der Waals surface area contributed by atoms with Crippen molar-refractivity contribution in [3.05, 3.63) is 93.7 Å². The summed E-state index contributed by atoms with van der Waals surface area (Å²) in [5.41, 5.74) is 16.9. The van der Waals surface area contributed by atoms with Crippen molar-refractivity contribution in [3.63, 3.8) is 0 Å². The number of benzene rings is 4. The van der Waals surface area contributed by atoms with E-state index in [9.17, 15) is 0 Å². The molecule has 0 bridgehead atoms. The summed E-state index contributed by atoms with van der Waals surface area (Å²) >= 11 is 15.5. The summed E-state index contributed by atoms with van der Waals surface area (Å²) < 4.78 is 41.9. The van der Waals surface area contributed by atoms with Crippen LogP contribution in [0.4, 0.5) is 0 Å². The van der Waals surface area contributed by atoms with Crippen LogP contribution in [0.5, 0.6) is 0 Å². The fraction of sp³-hybridized carbons (Fsp3) is 0.143. The molecule has 0 aliphatic carbocycles. The highest BCUT2D eigenvalue weighted by atomic mass is 32.1. The van der Waals surface area contributed by atoms with Gasteiger partial charge < -0.3 is 27.1 Å². The van der Waals surface area contributed by atoms with Gasteiger partial charge in [0.2, 0.25) is 0 Å². The van der Waals surface area contributed by atoms with Crippen LogP contribution in [0.1, 0.15) is 20.9 Å². The van der Waals surface area contributed by atoms with Crippen LogP contribution < -0.4 is 0 Å². The minimum atomic E-state index is 0.964. The largest absolute Gasteiger partial charge is 0.453 e. The van der Waals surface area contributed by atoms with E-state index in [1.807, 2.05) is 90.7 Å². The first-order chi connectivity index (χ1) is 33.9. The van der Waals surface area contributed by atoms with Gasteiger partial charge in [0.25, 0.3) is 0 Å². The van der Waals surface area contributed by atoms with Crippen LogP contribution in [0.3, 0.4) is 0 Å². The van der Waals surface area contributed by atoms with E-state index in [2.05, 4.69) is 147 Å². The highest BCUT2D eigenvalue weighted by Gasteiger charge is 2.27. The van der Waals surface area contributed by atoms with Crippen LogP contribution in [0.2, 0.25) is 0 Å². The molecule has 70 heavy (non-hydrogen) atoms. The second kappa shape index (κ2) is 13.2. The number of hydrogen-bond donors (Lipinski definition) is 0. The van der Waals surface area contributed by atoms with Crippen LogP contribution in [-0.4, -0.2) is 18.3 Å². The molecule has 14 aromatic heterocycles. The van der Waals surface area contributed by atoms with Gasteiger partial charge in [0.15, 0.2) is 11.2 Å². The summed E-state index contributed by atoms with van der Waals surface area (Å²) in [7, 11) is 8.81. The van der Waals surface area contributed by atoms with Gasteiger partial charge in [-0.15, -0.1) is 90.7 Å². The average Bonchev–Trinajstić information content (AvgIpc) is 4.16. The van der Waals surface area contributed by atoms with Crippen LogP contribution in [0, 0.1) is 27.7 Å². The Balaban J connectivity index is 0.000000118. The monoisotopic (exact) mass is 1050 g/mol. The molecule has 18 aromatic rings. The number of fused-ring (bicyclic) bond motifs is 28. The van der Waals surface area contributed by atoms with Crippen molar-refractivity contribution in [2.75, 3.05) is 0 Å². The summed E-state index contributed by atoms with van der Waals surface area (Å²) in [6.45, 7) is 8.66. The van der Waals surface area contributed by atoms with Crippen molar-refractivity contribution < 1.29 is 8.83 Å². The molecule has 0 amide bonds. The Morgan fingerprint density at radius 2 is 0.700 bits per heavy atom. The Morgan fingerprint density at radius 3 is 1.14 bits per heavy atom. The zero-order chi connectivity index (χ0) is 46.7. The second-order valence-corrected chi connectivity index (χ2v) is 28.0. The molecule has 0 saturated carbocycles. The van der Waals surface area contributed by atoms with Gasteiger partial charge >= 0.3 is 0 Å². The molecule has 4 aromatic carbocycles. The lowest BCUT2D eigenvalue weighted by Gasteiger charge is -2.01. The molecule has 18 rings (SSSR count). The van der Waals surface area contributed by atoms with Crippen molar-refractivity contribution in [2.45, 2.75) is 27.7 Å². The lowest BCUT2D eigenvalue weighted by molar-refractivity contribution is 0.672. The first-order valence-corrected chi connectivity index (χ1v) is 29.6. The van der Waals surface area contributed by atoms with E-state index < -0.39 is 0 Å². The second-order valence-electron chi connectivity index (χ2n) is 19.3. The van der Waals surface area contributed by atoms with E-state index in [1.165, 1.54) is 163 Å². The Bertz CT molecular complexity index is 5080. The highest BCUT2D eigenvalue weighted by Crippen LogP contribution is 2.54. The fourth-order valence-electron chi connectivity index (χ4n) is 11.9. The maximum atomic E-state index is 6.42. The van der Waals surface area contributed by atoms with Gasteiger partial charge in [-0.25, -0.2) is 0 Å².